The fourth-order valence-corrected chi connectivity index (χ4v) is 8.25. The average Bonchev–Trinajstić information content (AvgIpc) is 3.79. The quantitative estimate of drug-likeness (QED) is 0.138. The smallest absolute Gasteiger partial charge is 0.132 e. The van der Waals surface area contributed by atoms with Gasteiger partial charge in [-0.2, -0.15) is 10.2 Å². The Morgan fingerprint density at radius 2 is 1.25 bits per heavy atom. The van der Waals surface area contributed by atoms with Crippen LogP contribution in [0.3, 0.4) is 0 Å². The van der Waals surface area contributed by atoms with Crippen LogP contribution < -0.4 is 19.3 Å². The summed E-state index contributed by atoms with van der Waals surface area (Å²) in [5.74, 6) is 4.72. The van der Waals surface area contributed by atoms with Gasteiger partial charge in [0.15, 0.2) is 0 Å². The number of H-pyrrole nitrogens is 2. The zero-order valence-corrected chi connectivity index (χ0v) is 33.0. The van der Waals surface area contributed by atoms with E-state index in [1.807, 2.05) is 64.1 Å². The molecule has 4 aromatic heterocycles. The van der Waals surface area contributed by atoms with E-state index in [1.54, 1.807) is 12.7 Å². The second-order valence-electron chi connectivity index (χ2n) is 16.0. The minimum Gasteiger partial charge on any atom is -0.491 e. The van der Waals surface area contributed by atoms with Crippen LogP contribution >= 0.6 is 0 Å². The Bertz CT molecular complexity index is 2250. The van der Waals surface area contributed by atoms with Gasteiger partial charge in [0.1, 0.15) is 47.2 Å². The zero-order chi connectivity index (χ0) is 38.2. The number of likely N-dealkylation sites (N-methyl/N-ethyl adjacent to an activating group) is 1. The molecule has 13 nitrogen and oxygen atoms in total. The monoisotopic (exact) mass is 743 g/mol. The van der Waals surface area contributed by atoms with Crippen molar-refractivity contribution < 1.29 is 9.47 Å². The summed E-state index contributed by atoms with van der Waals surface area (Å²) in [7, 11) is 2.28. The van der Waals surface area contributed by atoms with Gasteiger partial charge in [-0.1, -0.05) is 6.92 Å². The highest BCUT2D eigenvalue weighted by Gasteiger charge is 2.33. The van der Waals surface area contributed by atoms with Gasteiger partial charge in [-0.05, 0) is 109 Å². The number of piperazine rings is 1. The Kier molecular flexibility index (Phi) is 10.3. The van der Waals surface area contributed by atoms with Gasteiger partial charge in [-0.25, -0.2) is 19.9 Å². The highest BCUT2D eigenvalue weighted by Crippen LogP contribution is 2.35. The maximum Gasteiger partial charge on any atom is 0.132 e. The molecule has 2 aromatic carbocycles. The molecule has 0 bridgehead atoms. The minimum atomic E-state index is 0.0896. The number of hydrogen-bond acceptors (Lipinski definition) is 11. The summed E-state index contributed by atoms with van der Waals surface area (Å²) in [6, 6.07) is 17.0. The molecule has 2 N–H and O–H groups in total. The van der Waals surface area contributed by atoms with Gasteiger partial charge in [0.2, 0.25) is 0 Å². The number of nitrogens with one attached hydrogen (secondary N) is 2. The lowest BCUT2D eigenvalue weighted by Gasteiger charge is -2.45. The SMILES string of the molecule is CC(C)Oc1ccc2[nH]nc(-c3cc(N4CC[C@H](C)[C@@H](CC[C@@H]5CN(c6cc(-c7n[nH]c8ccc(OC(C)C)cc78)ncn6)C[C@H](C)N5C)C4)ncn3)c2c1. The number of hydrogen-bond donors (Lipinski definition) is 2. The third kappa shape index (κ3) is 7.80. The molecule has 0 saturated carbocycles. The molecule has 2 aliphatic heterocycles. The number of fused-ring (bicyclic) bond motifs is 2. The second-order valence-corrected chi connectivity index (χ2v) is 16.0. The predicted octanol–water partition coefficient (Wildman–Crippen LogP) is 7.38. The van der Waals surface area contributed by atoms with E-state index in [-0.39, 0.29) is 12.2 Å². The maximum absolute atomic E-state index is 5.98. The number of anilines is 2. The molecule has 55 heavy (non-hydrogen) atoms. The molecular formula is C42H53N11O2. The Hall–Kier alpha value is -5.30. The Morgan fingerprint density at radius 1 is 0.691 bits per heavy atom. The van der Waals surface area contributed by atoms with Gasteiger partial charge in [-0.3, -0.25) is 15.1 Å². The molecule has 288 valence electrons. The summed E-state index contributed by atoms with van der Waals surface area (Å²) >= 11 is 0. The van der Waals surface area contributed by atoms with Crippen molar-refractivity contribution in [1.82, 2.24) is 45.2 Å². The van der Waals surface area contributed by atoms with E-state index >= 15 is 0 Å². The van der Waals surface area contributed by atoms with Crippen LogP contribution in [0.1, 0.15) is 60.8 Å². The average molecular weight is 744 g/mol. The summed E-state index contributed by atoms with van der Waals surface area (Å²) in [4.78, 5) is 26.3. The molecule has 0 aliphatic carbocycles. The first-order valence-electron chi connectivity index (χ1n) is 19.8. The summed E-state index contributed by atoms with van der Waals surface area (Å²) < 4.78 is 12.0. The molecule has 8 rings (SSSR count). The number of piperidine rings is 1. The van der Waals surface area contributed by atoms with Crippen molar-refractivity contribution in [2.45, 2.75) is 85.1 Å². The Labute approximate surface area is 322 Å². The number of benzene rings is 2. The van der Waals surface area contributed by atoms with E-state index in [0.29, 0.717) is 23.9 Å². The number of ether oxygens (including phenoxy) is 2. The molecule has 6 heterocycles. The van der Waals surface area contributed by atoms with Crippen molar-refractivity contribution in [3.8, 4) is 34.3 Å². The summed E-state index contributed by atoms with van der Waals surface area (Å²) in [5, 5.41) is 17.6. The van der Waals surface area contributed by atoms with E-state index < -0.39 is 0 Å². The fourth-order valence-electron chi connectivity index (χ4n) is 8.25. The standard InChI is InChI=1S/C42H53N11O2/c1-25(2)54-31-10-12-35-33(16-31)41(49-47-35)37-18-39(45-23-43-37)52-15-14-27(5)29(21-52)8-9-30-22-53(20-28(6)51(30)7)40-19-38(44-24-46-40)42-34-17-32(55-26(3)4)11-13-36(34)48-50-42/h10-13,16-19,23-30H,8-9,14-15,20-22H2,1-7H3,(H,47,49)(H,48,50)/t27-,28-,29-,30+/m0/s1. The van der Waals surface area contributed by atoms with E-state index in [9.17, 15) is 0 Å². The largest absolute Gasteiger partial charge is 0.491 e. The first kappa shape index (κ1) is 36.7. The van der Waals surface area contributed by atoms with Crippen LogP contribution in [0.25, 0.3) is 44.6 Å². The van der Waals surface area contributed by atoms with E-state index in [1.165, 1.54) is 0 Å². The van der Waals surface area contributed by atoms with Crippen molar-refractivity contribution in [2.24, 2.45) is 11.8 Å². The molecule has 13 heteroatoms. The van der Waals surface area contributed by atoms with E-state index in [2.05, 4.69) is 78.1 Å². The highest BCUT2D eigenvalue weighted by molar-refractivity contribution is 5.94. The van der Waals surface area contributed by atoms with Crippen LogP contribution in [0.15, 0.2) is 61.2 Å². The van der Waals surface area contributed by atoms with Gasteiger partial charge in [-0.15, -0.1) is 0 Å². The molecule has 0 amide bonds. The lowest BCUT2D eigenvalue weighted by atomic mass is 9.82. The van der Waals surface area contributed by atoms with Crippen LogP contribution in [-0.2, 0) is 0 Å². The van der Waals surface area contributed by atoms with E-state index in [0.717, 1.165) is 113 Å². The van der Waals surface area contributed by atoms with Crippen LogP contribution in [-0.4, -0.2) is 103 Å². The molecule has 0 unspecified atom stereocenters. The van der Waals surface area contributed by atoms with Crippen LogP contribution in [0.5, 0.6) is 11.5 Å². The van der Waals surface area contributed by atoms with Gasteiger partial charge >= 0.3 is 0 Å². The molecule has 2 aliphatic rings. The second kappa shape index (κ2) is 15.4. The zero-order valence-electron chi connectivity index (χ0n) is 33.0. The van der Waals surface area contributed by atoms with Gasteiger partial charge < -0.3 is 19.3 Å². The summed E-state index contributed by atoms with van der Waals surface area (Å²) in [6.07, 6.45) is 6.90. The lowest BCUT2D eigenvalue weighted by molar-refractivity contribution is 0.136. The van der Waals surface area contributed by atoms with Crippen molar-refractivity contribution >= 4 is 33.4 Å². The van der Waals surface area contributed by atoms with E-state index in [4.69, 9.17) is 19.4 Å². The van der Waals surface area contributed by atoms with Gasteiger partial charge in [0.25, 0.3) is 0 Å². The molecule has 2 fully saturated rings. The number of aromatic amines is 2. The minimum absolute atomic E-state index is 0.0896. The molecule has 0 spiro atoms. The summed E-state index contributed by atoms with van der Waals surface area (Å²) in [6.45, 7) is 16.6. The third-order valence-electron chi connectivity index (χ3n) is 11.4. The first-order valence-corrected chi connectivity index (χ1v) is 19.8. The van der Waals surface area contributed by atoms with Gasteiger partial charge in [0.05, 0.1) is 34.6 Å². The molecule has 2 saturated heterocycles. The van der Waals surface area contributed by atoms with Crippen molar-refractivity contribution in [1.29, 1.82) is 0 Å². The molecule has 0 radical (unpaired) electrons. The van der Waals surface area contributed by atoms with Crippen molar-refractivity contribution in [3.05, 3.63) is 61.2 Å². The Balaban J connectivity index is 0.953. The van der Waals surface area contributed by atoms with Crippen molar-refractivity contribution in [2.75, 3.05) is 43.0 Å². The lowest BCUT2D eigenvalue weighted by Crippen LogP contribution is -2.56. The topological polar surface area (TPSA) is 137 Å². The predicted molar refractivity (Wildman–Crippen MR) is 218 cm³/mol. The van der Waals surface area contributed by atoms with Crippen LogP contribution in [0, 0.1) is 11.8 Å². The van der Waals surface area contributed by atoms with Gasteiger partial charge in [0, 0.05) is 61.2 Å². The fraction of sp³-hybridized carbons (Fsp3) is 0.476. The van der Waals surface area contributed by atoms with Crippen molar-refractivity contribution in [3.63, 3.8) is 0 Å². The van der Waals surface area contributed by atoms with Crippen LogP contribution in [0.4, 0.5) is 11.6 Å². The maximum atomic E-state index is 5.98. The molecule has 6 aromatic rings. The third-order valence-corrected chi connectivity index (χ3v) is 11.4. The molecule has 4 atom stereocenters. The highest BCUT2D eigenvalue weighted by atomic mass is 16.5. The normalized spacial score (nSPS) is 21.0. The summed E-state index contributed by atoms with van der Waals surface area (Å²) in [5.41, 5.74) is 5.14. The number of rotatable bonds is 11. The van der Waals surface area contributed by atoms with Crippen LogP contribution in [0.2, 0.25) is 0 Å². The first-order chi connectivity index (χ1) is 26.6. The number of aromatic nitrogens is 8. The Morgan fingerprint density at radius 3 is 1.82 bits per heavy atom. The number of nitrogens with zero attached hydrogens (tertiary/aromatic N) is 9. The molecular weight excluding hydrogens is 691 g/mol.